The van der Waals surface area contributed by atoms with Crippen molar-refractivity contribution in [3.63, 3.8) is 0 Å². The molecule has 6 nitrogen and oxygen atoms in total. The van der Waals surface area contributed by atoms with Gasteiger partial charge in [0.05, 0.1) is 11.1 Å². The second-order valence-corrected chi connectivity index (χ2v) is 6.68. The van der Waals surface area contributed by atoms with Gasteiger partial charge in [-0.1, -0.05) is 18.2 Å². The van der Waals surface area contributed by atoms with Gasteiger partial charge in [0, 0.05) is 30.1 Å². The molecule has 3 aromatic rings. The number of phenolic OH excluding ortho intramolecular Hbond substituents is 2. The summed E-state index contributed by atoms with van der Waals surface area (Å²) < 4.78 is 0. The summed E-state index contributed by atoms with van der Waals surface area (Å²) in [7, 11) is 0. The van der Waals surface area contributed by atoms with E-state index in [9.17, 15) is 19.8 Å². The molecule has 2 aromatic carbocycles. The Hall–Kier alpha value is -3.51. The summed E-state index contributed by atoms with van der Waals surface area (Å²) in [6, 6.07) is 11.4. The van der Waals surface area contributed by atoms with E-state index in [1.54, 1.807) is 12.3 Å². The predicted molar refractivity (Wildman–Crippen MR) is 103 cm³/mol. The number of rotatable bonds is 5. The quantitative estimate of drug-likeness (QED) is 0.465. The maximum absolute atomic E-state index is 12.8. The zero-order chi connectivity index (χ0) is 19.7. The number of aromatic hydroxyl groups is 2. The van der Waals surface area contributed by atoms with Crippen molar-refractivity contribution in [2.24, 2.45) is 0 Å². The standard InChI is InChI=1S/C22H18N2O4/c25-17-5-1-4-15-19(17)22(28)20-16(21(15)27)9-14(10-18(20)26)12-24-8-6-13-3-2-7-23-11-13/h1-5,7,9-11,24-26H,6,8,12H2. The monoisotopic (exact) mass is 374 g/mol. The number of carbonyl (C=O) groups excluding carboxylic acids is 2. The molecule has 140 valence electrons. The number of benzene rings is 2. The molecule has 0 bridgehead atoms. The molecule has 1 heterocycles. The first kappa shape index (κ1) is 17.9. The van der Waals surface area contributed by atoms with Crippen LogP contribution in [0.15, 0.2) is 54.9 Å². The molecule has 3 N–H and O–H groups in total. The number of hydrogen-bond donors (Lipinski definition) is 3. The van der Waals surface area contributed by atoms with Gasteiger partial charge in [-0.3, -0.25) is 14.6 Å². The van der Waals surface area contributed by atoms with Crippen molar-refractivity contribution < 1.29 is 19.8 Å². The van der Waals surface area contributed by atoms with Crippen LogP contribution in [0.3, 0.4) is 0 Å². The van der Waals surface area contributed by atoms with Crippen LogP contribution in [0.1, 0.15) is 43.0 Å². The Balaban J connectivity index is 1.55. The third kappa shape index (κ3) is 3.14. The number of pyridine rings is 1. The van der Waals surface area contributed by atoms with Crippen molar-refractivity contribution >= 4 is 11.6 Å². The van der Waals surface area contributed by atoms with Crippen LogP contribution >= 0.6 is 0 Å². The Bertz CT molecular complexity index is 1080. The molecule has 1 aliphatic carbocycles. The Labute approximate surface area is 161 Å². The van der Waals surface area contributed by atoms with Gasteiger partial charge in [0.25, 0.3) is 0 Å². The fourth-order valence-electron chi connectivity index (χ4n) is 3.45. The van der Waals surface area contributed by atoms with Crippen molar-refractivity contribution in [3.05, 3.63) is 88.2 Å². The molecule has 0 aliphatic heterocycles. The topological polar surface area (TPSA) is 99.5 Å². The van der Waals surface area contributed by atoms with Gasteiger partial charge in [0.2, 0.25) is 5.78 Å². The highest BCUT2D eigenvalue weighted by molar-refractivity contribution is 6.30. The molecule has 4 rings (SSSR count). The third-order valence-corrected chi connectivity index (χ3v) is 4.81. The lowest BCUT2D eigenvalue weighted by atomic mass is 9.82. The second kappa shape index (κ2) is 7.25. The van der Waals surface area contributed by atoms with Crippen LogP contribution < -0.4 is 5.32 Å². The Kier molecular flexibility index (Phi) is 4.63. The fourth-order valence-corrected chi connectivity index (χ4v) is 3.45. The summed E-state index contributed by atoms with van der Waals surface area (Å²) in [6.07, 6.45) is 4.33. The first-order chi connectivity index (χ1) is 13.6. The maximum Gasteiger partial charge on any atom is 0.201 e. The summed E-state index contributed by atoms with van der Waals surface area (Å²) in [5.74, 6) is -1.44. The number of ketones is 2. The van der Waals surface area contributed by atoms with Crippen molar-refractivity contribution in [2.45, 2.75) is 13.0 Å². The van der Waals surface area contributed by atoms with Gasteiger partial charge in [0.15, 0.2) is 5.78 Å². The second-order valence-electron chi connectivity index (χ2n) is 6.68. The highest BCUT2D eigenvalue weighted by atomic mass is 16.3. The van der Waals surface area contributed by atoms with Gasteiger partial charge >= 0.3 is 0 Å². The summed E-state index contributed by atoms with van der Waals surface area (Å²) in [4.78, 5) is 29.6. The lowest BCUT2D eigenvalue weighted by Crippen LogP contribution is -2.22. The summed E-state index contributed by atoms with van der Waals surface area (Å²) in [5.41, 5.74) is 2.01. The number of nitrogens with one attached hydrogen (secondary N) is 1. The highest BCUT2D eigenvalue weighted by Crippen LogP contribution is 2.37. The molecule has 0 fully saturated rings. The van der Waals surface area contributed by atoms with E-state index in [1.165, 1.54) is 24.3 Å². The van der Waals surface area contributed by atoms with Gasteiger partial charge in [-0.15, -0.1) is 0 Å². The molecule has 0 atom stereocenters. The van der Waals surface area contributed by atoms with Crippen molar-refractivity contribution in [1.82, 2.24) is 10.3 Å². The average Bonchev–Trinajstić information content (AvgIpc) is 2.69. The molecule has 1 aliphatic rings. The smallest absolute Gasteiger partial charge is 0.201 e. The Morgan fingerprint density at radius 1 is 0.857 bits per heavy atom. The molecular formula is C22H18N2O4. The zero-order valence-electron chi connectivity index (χ0n) is 15.0. The third-order valence-electron chi connectivity index (χ3n) is 4.81. The number of aromatic nitrogens is 1. The minimum atomic E-state index is -0.545. The maximum atomic E-state index is 12.8. The number of hydrogen-bond acceptors (Lipinski definition) is 6. The average molecular weight is 374 g/mol. The molecule has 6 heteroatoms. The minimum Gasteiger partial charge on any atom is -0.507 e. The van der Waals surface area contributed by atoms with Gasteiger partial charge in [0.1, 0.15) is 11.5 Å². The van der Waals surface area contributed by atoms with Crippen molar-refractivity contribution in [1.29, 1.82) is 0 Å². The van der Waals surface area contributed by atoms with Crippen LogP contribution in [0.25, 0.3) is 0 Å². The van der Waals surface area contributed by atoms with Crippen molar-refractivity contribution in [2.75, 3.05) is 6.54 Å². The molecule has 0 saturated heterocycles. The van der Waals surface area contributed by atoms with Crippen molar-refractivity contribution in [3.8, 4) is 11.5 Å². The fraction of sp³-hybridized carbons (Fsp3) is 0.136. The number of carbonyl (C=O) groups is 2. The SMILES string of the molecule is O=C1c2cccc(O)c2C(=O)c2c(O)cc(CNCCc3cccnc3)cc21. The van der Waals surface area contributed by atoms with Crippen LogP contribution in [0.5, 0.6) is 11.5 Å². The molecule has 0 amide bonds. The van der Waals surface area contributed by atoms with Gasteiger partial charge in [-0.05, 0) is 48.4 Å². The lowest BCUT2D eigenvalue weighted by molar-refractivity contribution is 0.0974. The van der Waals surface area contributed by atoms with E-state index >= 15 is 0 Å². The van der Waals surface area contributed by atoms with E-state index in [0.29, 0.717) is 18.7 Å². The summed E-state index contributed by atoms with van der Waals surface area (Å²) in [6.45, 7) is 1.14. The largest absolute Gasteiger partial charge is 0.507 e. The van der Waals surface area contributed by atoms with Gasteiger partial charge in [-0.2, -0.15) is 0 Å². The van der Waals surface area contributed by atoms with E-state index in [2.05, 4.69) is 10.3 Å². The minimum absolute atomic E-state index is 0.0573. The van der Waals surface area contributed by atoms with E-state index < -0.39 is 5.78 Å². The number of fused-ring (bicyclic) bond motifs is 2. The molecule has 0 saturated carbocycles. The zero-order valence-corrected chi connectivity index (χ0v) is 15.0. The Morgan fingerprint density at radius 3 is 2.46 bits per heavy atom. The highest BCUT2D eigenvalue weighted by Gasteiger charge is 2.34. The van der Waals surface area contributed by atoms with Crippen LogP contribution in [0.2, 0.25) is 0 Å². The van der Waals surface area contributed by atoms with Crippen LogP contribution in [0, 0.1) is 0 Å². The van der Waals surface area contributed by atoms with Crippen LogP contribution in [-0.2, 0) is 13.0 Å². The molecular weight excluding hydrogens is 356 g/mol. The van der Waals surface area contributed by atoms with Gasteiger partial charge < -0.3 is 15.5 Å². The number of nitrogens with zero attached hydrogens (tertiary/aromatic N) is 1. The normalized spacial score (nSPS) is 12.6. The molecule has 28 heavy (non-hydrogen) atoms. The first-order valence-electron chi connectivity index (χ1n) is 8.93. The molecule has 0 unspecified atom stereocenters. The first-order valence-corrected chi connectivity index (χ1v) is 8.93. The predicted octanol–water partition coefficient (Wildman–Crippen LogP) is 2.60. The molecule has 0 radical (unpaired) electrons. The van der Waals surface area contributed by atoms with Crippen LogP contribution in [-0.4, -0.2) is 33.3 Å². The Morgan fingerprint density at radius 2 is 1.68 bits per heavy atom. The van der Waals surface area contributed by atoms with E-state index in [1.807, 2.05) is 18.3 Å². The van der Waals surface area contributed by atoms with E-state index in [0.717, 1.165) is 12.0 Å². The van der Waals surface area contributed by atoms with Gasteiger partial charge in [-0.25, -0.2) is 0 Å². The van der Waals surface area contributed by atoms with E-state index in [4.69, 9.17) is 0 Å². The number of phenols is 2. The van der Waals surface area contributed by atoms with E-state index in [-0.39, 0.29) is 39.5 Å². The summed E-state index contributed by atoms with van der Waals surface area (Å²) >= 11 is 0. The van der Waals surface area contributed by atoms with Crippen LogP contribution in [0.4, 0.5) is 0 Å². The lowest BCUT2D eigenvalue weighted by Gasteiger charge is -2.20. The molecule has 0 spiro atoms. The molecule has 1 aromatic heterocycles. The summed E-state index contributed by atoms with van der Waals surface area (Å²) in [5, 5.41) is 23.6.